The number of hydrogen-bond acceptors (Lipinski definition) is 4. The number of halogens is 2. The molecule has 0 aliphatic carbocycles. The predicted octanol–water partition coefficient (Wildman–Crippen LogP) is 3.58. The highest BCUT2D eigenvalue weighted by Crippen LogP contribution is 2.29. The minimum absolute atomic E-state index is 0.173. The fourth-order valence-corrected chi connectivity index (χ4v) is 5.01. The third-order valence-corrected chi connectivity index (χ3v) is 6.55. The molecule has 0 radical (unpaired) electrons. The number of thiazole rings is 1. The molecule has 0 fully saturated rings. The second kappa shape index (κ2) is 5.99. The third-order valence-electron chi connectivity index (χ3n) is 2.67. The number of nitrogens with zero attached hydrogens (tertiary/aromatic N) is 2. The van der Waals surface area contributed by atoms with Gasteiger partial charge < -0.3 is 0 Å². The lowest BCUT2D eigenvalue weighted by Gasteiger charge is -2.16. The summed E-state index contributed by atoms with van der Waals surface area (Å²) < 4.78 is 26.6. The molecule has 0 saturated carbocycles. The van der Waals surface area contributed by atoms with Gasteiger partial charge in [0.2, 0.25) is 0 Å². The van der Waals surface area contributed by atoms with E-state index in [0.717, 1.165) is 16.9 Å². The van der Waals surface area contributed by atoms with Crippen LogP contribution >= 0.6 is 34.5 Å². The lowest BCUT2D eigenvalue weighted by Crippen LogP contribution is -2.26. The van der Waals surface area contributed by atoms with E-state index in [2.05, 4.69) is 4.98 Å². The summed E-state index contributed by atoms with van der Waals surface area (Å²) in [5.74, 6) is 0. The van der Waals surface area contributed by atoms with Crippen LogP contribution in [-0.4, -0.2) is 24.8 Å². The van der Waals surface area contributed by atoms with Crippen LogP contribution in [0.15, 0.2) is 28.5 Å². The Morgan fingerprint density at radius 1 is 1.35 bits per heavy atom. The lowest BCUT2D eigenvalue weighted by molar-refractivity contribution is 0.468. The second-order valence-corrected chi connectivity index (χ2v) is 8.49. The first-order valence-corrected chi connectivity index (χ1v) is 8.65. The van der Waals surface area contributed by atoms with Gasteiger partial charge in [-0.15, -0.1) is 0 Å². The monoisotopic (exact) mass is 350 g/mol. The number of aromatic nitrogens is 1. The zero-order valence-electron chi connectivity index (χ0n) is 10.8. The Bertz CT molecular complexity index is 729. The summed E-state index contributed by atoms with van der Waals surface area (Å²) in [5, 5.41) is 0.574. The summed E-state index contributed by atoms with van der Waals surface area (Å²) in [6.07, 6.45) is 0. The Morgan fingerprint density at radius 3 is 2.60 bits per heavy atom. The molecular weight excluding hydrogens is 339 g/mol. The van der Waals surface area contributed by atoms with E-state index in [1.807, 2.05) is 6.07 Å². The number of sulfonamides is 1. The maximum Gasteiger partial charge on any atom is 0.254 e. The van der Waals surface area contributed by atoms with E-state index >= 15 is 0 Å². The number of rotatable bonds is 4. The lowest BCUT2D eigenvalue weighted by atomic mass is 10.2. The topological polar surface area (TPSA) is 50.3 Å². The van der Waals surface area contributed by atoms with Crippen LogP contribution in [-0.2, 0) is 16.6 Å². The van der Waals surface area contributed by atoms with Gasteiger partial charge in [0, 0.05) is 18.6 Å². The zero-order valence-corrected chi connectivity index (χ0v) is 13.9. The van der Waals surface area contributed by atoms with Crippen molar-refractivity contribution in [1.82, 2.24) is 9.29 Å². The summed E-state index contributed by atoms with van der Waals surface area (Å²) >= 11 is 12.6. The van der Waals surface area contributed by atoms with Crippen LogP contribution in [0.4, 0.5) is 0 Å². The number of aryl methyl sites for hydroxylation is 1. The van der Waals surface area contributed by atoms with Gasteiger partial charge in [0.05, 0.1) is 5.69 Å². The van der Waals surface area contributed by atoms with E-state index in [-0.39, 0.29) is 15.2 Å². The zero-order chi connectivity index (χ0) is 14.9. The van der Waals surface area contributed by atoms with E-state index in [1.165, 1.54) is 11.4 Å². The van der Waals surface area contributed by atoms with Crippen LogP contribution in [0.5, 0.6) is 0 Å². The van der Waals surface area contributed by atoms with Gasteiger partial charge in [-0.3, -0.25) is 0 Å². The summed E-state index contributed by atoms with van der Waals surface area (Å²) in [5.41, 5.74) is 1.23. The van der Waals surface area contributed by atoms with E-state index in [0.29, 0.717) is 10.7 Å². The smallest absolute Gasteiger partial charge is 0.229 e. The van der Waals surface area contributed by atoms with Gasteiger partial charge in [-0.05, 0) is 24.6 Å². The van der Waals surface area contributed by atoms with Gasteiger partial charge in [0.15, 0.2) is 8.68 Å². The Labute approximate surface area is 132 Å². The number of benzene rings is 1. The average molecular weight is 351 g/mol. The first kappa shape index (κ1) is 15.7. The van der Waals surface area contributed by atoms with Crippen LogP contribution in [0, 0.1) is 6.92 Å². The molecule has 1 heterocycles. The largest absolute Gasteiger partial charge is 0.254 e. The molecule has 0 N–H and O–H groups in total. The van der Waals surface area contributed by atoms with Gasteiger partial charge >= 0.3 is 0 Å². The van der Waals surface area contributed by atoms with Gasteiger partial charge in [-0.2, -0.15) is 4.31 Å². The van der Waals surface area contributed by atoms with Crippen LogP contribution in [0.1, 0.15) is 11.3 Å². The highest BCUT2D eigenvalue weighted by atomic mass is 35.5. The van der Waals surface area contributed by atoms with Crippen LogP contribution in [0.25, 0.3) is 0 Å². The van der Waals surface area contributed by atoms with E-state index in [9.17, 15) is 8.42 Å². The minimum Gasteiger partial charge on any atom is -0.229 e. The van der Waals surface area contributed by atoms with Crippen molar-refractivity contribution in [2.24, 2.45) is 0 Å². The molecule has 0 aliphatic heterocycles. The number of hydrogen-bond donors (Lipinski definition) is 0. The molecular formula is C12H12Cl2N2O2S2. The van der Waals surface area contributed by atoms with Crippen LogP contribution in [0.3, 0.4) is 0 Å². The third kappa shape index (κ3) is 3.32. The molecule has 0 saturated heterocycles. The molecule has 108 valence electrons. The second-order valence-electron chi connectivity index (χ2n) is 4.23. The van der Waals surface area contributed by atoms with Crippen molar-refractivity contribution in [2.75, 3.05) is 7.05 Å². The van der Waals surface area contributed by atoms with Gasteiger partial charge in [-0.25, -0.2) is 13.4 Å². The molecule has 0 unspecified atom stereocenters. The fourth-order valence-electron chi connectivity index (χ4n) is 1.71. The molecule has 1 aromatic carbocycles. The average Bonchev–Trinajstić information content (AvgIpc) is 2.69. The van der Waals surface area contributed by atoms with E-state index in [4.69, 9.17) is 23.2 Å². The van der Waals surface area contributed by atoms with Crippen molar-refractivity contribution >= 4 is 44.6 Å². The van der Waals surface area contributed by atoms with Crippen molar-refractivity contribution in [3.05, 3.63) is 45.0 Å². The normalized spacial score (nSPS) is 12.1. The Kier molecular flexibility index (Phi) is 4.71. The summed E-state index contributed by atoms with van der Waals surface area (Å²) in [7, 11) is -2.08. The molecule has 0 atom stereocenters. The van der Waals surface area contributed by atoms with Crippen molar-refractivity contribution in [2.45, 2.75) is 17.7 Å². The van der Waals surface area contributed by atoms with Crippen LogP contribution < -0.4 is 0 Å². The molecule has 0 bridgehead atoms. The molecule has 20 heavy (non-hydrogen) atoms. The van der Waals surface area contributed by atoms with Crippen molar-refractivity contribution in [3.63, 3.8) is 0 Å². The standard InChI is InChI=1S/C12H12Cl2N2O2S2/c1-8-11(19-12(14)15-8)20(17,18)16(2)7-9-4-3-5-10(13)6-9/h3-6H,7H2,1-2H3. The molecule has 1 aromatic heterocycles. The Morgan fingerprint density at radius 2 is 2.05 bits per heavy atom. The minimum atomic E-state index is -3.60. The molecule has 0 aliphatic rings. The first-order valence-electron chi connectivity index (χ1n) is 5.64. The van der Waals surface area contributed by atoms with Gasteiger partial charge in [-0.1, -0.05) is 46.7 Å². The summed E-state index contributed by atoms with van der Waals surface area (Å²) in [4.78, 5) is 3.94. The van der Waals surface area contributed by atoms with E-state index < -0.39 is 10.0 Å². The summed E-state index contributed by atoms with van der Waals surface area (Å²) in [6, 6.07) is 7.09. The maximum absolute atomic E-state index is 12.5. The highest BCUT2D eigenvalue weighted by Gasteiger charge is 2.26. The molecule has 8 heteroatoms. The fraction of sp³-hybridized carbons (Fsp3) is 0.250. The molecule has 4 nitrogen and oxygen atoms in total. The highest BCUT2D eigenvalue weighted by molar-refractivity contribution is 7.91. The van der Waals surface area contributed by atoms with Gasteiger partial charge in [0.25, 0.3) is 10.0 Å². The predicted molar refractivity (Wildman–Crippen MR) is 82.0 cm³/mol. The summed E-state index contributed by atoms with van der Waals surface area (Å²) in [6.45, 7) is 1.86. The van der Waals surface area contributed by atoms with Gasteiger partial charge in [0.1, 0.15) is 0 Å². The SMILES string of the molecule is Cc1nc(Cl)sc1S(=O)(=O)N(C)Cc1cccc(Cl)c1. The molecule has 0 spiro atoms. The van der Waals surface area contributed by atoms with Crippen molar-refractivity contribution in [3.8, 4) is 0 Å². The molecule has 2 rings (SSSR count). The van der Waals surface area contributed by atoms with Crippen LogP contribution in [0.2, 0.25) is 9.49 Å². The molecule has 2 aromatic rings. The van der Waals surface area contributed by atoms with Crippen molar-refractivity contribution in [1.29, 1.82) is 0 Å². The maximum atomic E-state index is 12.5. The Balaban J connectivity index is 2.28. The van der Waals surface area contributed by atoms with E-state index in [1.54, 1.807) is 25.1 Å². The van der Waals surface area contributed by atoms with Crippen molar-refractivity contribution < 1.29 is 8.42 Å². The first-order chi connectivity index (χ1) is 9.30. The Hall–Kier alpha value is -0.660. The quantitative estimate of drug-likeness (QED) is 0.846. The molecule has 0 amide bonds.